The zero-order valence-electron chi connectivity index (χ0n) is 15.7. The molecule has 2 heterocycles. The fourth-order valence-corrected chi connectivity index (χ4v) is 3.39. The van der Waals surface area contributed by atoms with Gasteiger partial charge in [0.15, 0.2) is 0 Å². The molecular formula is C20H22N6O2. The van der Waals surface area contributed by atoms with E-state index in [0.717, 1.165) is 30.2 Å². The van der Waals surface area contributed by atoms with Gasteiger partial charge >= 0.3 is 0 Å². The third-order valence-electron chi connectivity index (χ3n) is 4.78. The van der Waals surface area contributed by atoms with Gasteiger partial charge in [0.2, 0.25) is 0 Å². The second kappa shape index (κ2) is 8.08. The van der Waals surface area contributed by atoms with Crippen LogP contribution in [0.4, 0.5) is 5.69 Å². The molecule has 4 rings (SSSR count). The van der Waals surface area contributed by atoms with Gasteiger partial charge in [0.1, 0.15) is 12.1 Å². The molecule has 1 amide bonds. The Hall–Kier alpha value is -3.42. The van der Waals surface area contributed by atoms with Crippen molar-refractivity contribution in [3.8, 4) is 11.4 Å². The van der Waals surface area contributed by atoms with Crippen LogP contribution in [0.2, 0.25) is 0 Å². The van der Waals surface area contributed by atoms with Crippen molar-refractivity contribution in [1.29, 1.82) is 0 Å². The lowest BCUT2D eigenvalue weighted by Crippen LogP contribution is -2.48. The first-order valence-electron chi connectivity index (χ1n) is 9.35. The van der Waals surface area contributed by atoms with Crippen LogP contribution < -0.4 is 9.64 Å². The van der Waals surface area contributed by atoms with E-state index in [9.17, 15) is 4.79 Å². The molecule has 3 aromatic rings. The summed E-state index contributed by atoms with van der Waals surface area (Å²) >= 11 is 0. The maximum absolute atomic E-state index is 13.0. The Balaban J connectivity index is 1.44. The number of hydrogen-bond acceptors (Lipinski definition) is 6. The molecule has 0 spiro atoms. The number of para-hydroxylation sites is 2. The van der Waals surface area contributed by atoms with Crippen molar-refractivity contribution in [2.75, 3.05) is 37.7 Å². The fourth-order valence-electron chi connectivity index (χ4n) is 3.39. The summed E-state index contributed by atoms with van der Waals surface area (Å²) in [5.74, 6) is 0.909. The van der Waals surface area contributed by atoms with Crippen LogP contribution in [0.3, 0.4) is 0 Å². The summed E-state index contributed by atoms with van der Waals surface area (Å²) in [6, 6.07) is 15.4. The number of carbonyl (C=O) groups is 1. The largest absolute Gasteiger partial charge is 0.492 e. The summed E-state index contributed by atoms with van der Waals surface area (Å²) in [7, 11) is 0. The average Bonchev–Trinajstić information content (AvgIpc) is 3.29. The molecule has 8 nitrogen and oxygen atoms in total. The zero-order valence-corrected chi connectivity index (χ0v) is 15.7. The summed E-state index contributed by atoms with van der Waals surface area (Å²) < 4.78 is 7.28. The molecule has 0 atom stereocenters. The Labute approximate surface area is 163 Å². The number of benzene rings is 2. The van der Waals surface area contributed by atoms with Crippen LogP contribution in [-0.4, -0.2) is 63.8 Å². The van der Waals surface area contributed by atoms with E-state index in [-0.39, 0.29) is 5.91 Å². The maximum Gasteiger partial charge on any atom is 0.254 e. The highest BCUT2D eigenvalue weighted by Gasteiger charge is 2.24. The van der Waals surface area contributed by atoms with Gasteiger partial charge in [-0.15, -0.1) is 5.10 Å². The number of rotatable bonds is 5. The van der Waals surface area contributed by atoms with Gasteiger partial charge in [0.05, 0.1) is 18.0 Å². The maximum atomic E-state index is 13.0. The predicted molar refractivity (Wildman–Crippen MR) is 105 cm³/mol. The van der Waals surface area contributed by atoms with Crippen LogP contribution in [0.1, 0.15) is 17.3 Å². The van der Waals surface area contributed by atoms with E-state index < -0.39 is 0 Å². The summed E-state index contributed by atoms with van der Waals surface area (Å²) in [6.07, 6.45) is 1.51. The van der Waals surface area contributed by atoms with Crippen molar-refractivity contribution in [3.05, 3.63) is 60.4 Å². The van der Waals surface area contributed by atoms with E-state index in [0.29, 0.717) is 25.3 Å². The molecule has 2 aromatic carbocycles. The van der Waals surface area contributed by atoms with E-state index in [4.69, 9.17) is 4.74 Å². The number of anilines is 1. The second-order valence-electron chi connectivity index (χ2n) is 6.48. The first-order valence-corrected chi connectivity index (χ1v) is 9.35. The molecule has 1 fully saturated rings. The summed E-state index contributed by atoms with van der Waals surface area (Å²) in [6.45, 7) is 5.47. The number of nitrogens with zero attached hydrogens (tertiary/aromatic N) is 6. The van der Waals surface area contributed by atoms with Crippen molar-refractivity contribution >= 4 is 11.6 Å². The molecule has 0 N–H and O–H groups in total. The summed E-state index contributed by atoms with van der Waals surface area (Å²) in [5, 5.41) is 11.2. The topological polar surface area (TPSA) is 76.4 Å². The van der Waals surface area contributed by atoms with Gasteiger partial charge in [-0.1, -0.05) is 18.2 Å². The minimum atomic E-state index is 0.0210. The quantitative estimate of drug-likeness (QED) is 0.676. The normalized spacial score (nSPS) is 14.2. The molecule has 1 aliphatic heterocycles. The van der Waals surface area contributed by atoms with E-state index in [2.05, 4.69) is 26.5 Å². The first kappa shape index (κ1) is 18.0. The van der Waals surface area contributed by atoms with E-state index in [1.807, 2.05) is 54.3 Å². The van der Waals surface area contributed by atoms with Crippen molar-refractivity contribution < 1.29 is 9.53 Å². The Morgan fingerprint density at radius 1 is 1.07 bits per heavy atom. The smallest absolute Gasteiger partial charge is 0.254 e. The Morgan fingerprint density at radius 2 is 1.89 bits per heavy atom. The molecule has 28 heavy (non-hydrogen) atoms. The Morgan fingerprint density at radius 3 is 2.64 bits per heavy atom. The molecule has 144 valence electrons. The SMILES string of the molecule is CCOc1ccccc1N1CCN(C(=O)c2cccc(-n3cnnn3)c2)CC1. The number of hydrogen-bond donors (Lipinski definition) is 0. The van der Waals surface area contributed by atoms with Gasteiger partial charge in [0, 0.05) is 31.7 Å². The van der Waals surface area contributed by atoms with Gasteiger partial charge in [-0.2, -0.15) is 0 Å². The molecule has 1 aliphatic rings. The molecule has 0 saturated carbocycles. The summed E-state index contributed by atoms with van der Waals surface area (Å²) in [4.78, 5) is 17.1. The van der Waals surface area contributed by atoms with Crippen LogP contribution in [0.25, 0.3) is 5.69 Å². The highest BCUT2D eigenvalue weighted by Crippen LogP contribution is 2.29. The highest BCUT2D eigenvalue weighted by atomic mass is 16.5. The van der Waals surface area contributed by atoms with Gasteiger partial charge in [0.25, 0.3) is 5.91 Å². The van der Waals surface area contributed by atoms with Crippen LogP contribution in [0.5, 0.6) is 5.75 Å². The van der Waals surface area contributed by atoms with E-state index in [1.54, 1.807) is 4.68 Å². The second-order valence-corrected chi connectivity index (χ2v) is 6.48. The Bertz CT molecular complexity index is 935. The molecule has 0 unspecified atom stereocenters. The van der Waals surface area contributed by atoms with Gasteiger partial charge in [-0.05, 0) is 47.7 Å². The summed E-state index contributed by atoms with van der Waals surface area (Å²) in [5.41, 5.74) is 2.48. The fraction of sp³-hybridized carbons (Fsp3) is 0.300. The molecule has 1 saturated heterocycles. The third kappa shape index (κ3) is 3.66. The zero-order chi connectivity index (χ0) is 19.3. The van der Waals surface area contributed by atoms with E-state index in [1.165, 1.54) is 6.33 Å². The minimum Gasteiger partial charge on any atom is -0.492 e. The highest BCUT2D eigenvalue weighted by molar-refractivity contribution is 5.95. The number of piperazine rings is 1. The van der Waals surface area contributed by atoms with Crippen molar-refractivity contribution in [1.82, 2.24) is 25.1 Å². The third-order valence-corrected chi connectivity index (χ3v) is 4.78. The number of tetrazole rings is 1. The lowest BCUT2D eigenvalue weighted by Gasteiger charge is -2.36. The van der Waals surface area contributed by atoms with Gasteiger partial charge in [-0.3, -0.25) is 4.79 Å². The monoisotopic (exact) mass is 378 g/mol. The molecule has 0 radical (unpaired) electrons. The Kier molecular flexibility index (Phi) is 5.18. The molecule has 0 bridgehead atoms. The molecule has 0 aliphatic carbocycles. The number of ether oxygens (including phenoxy) is 1. The number of carbonyl (C=O) groups excluding carboxylic acids is 1. The average molecular weight is 378 g/mol. The predicted octanol–water partition coefficient (Wildman–Crippen LogP) is 2.02. The molecule has 1 aromatic heterocycles. The van der Waals surface area contributed by atoms with Crippen LogP contribution >= 0.6 is 0 Å². The lowest BCUT2D eigenvalue weighted by atomic mass is 10.1. The lowest BCUT2D eigenvalue weighted by molar-refractivity contribution is 0.0746. The van der Waals surface area contributed by atoms with Crippen LogP contribution in [0.15, 0.2) is 54.9 Å². The van der Waals surface area contributed by atoms with Gasteiger partial charge < -0.3 is 14.5 Å². The molecule has 8 heteroatoms. The van der Waals surface area contributed by atoms with E-state index >= 15 is 0 Å². The van der Waals surface area contributed by atoms with Crippen molar-refractivity contribution in [2.45, 2.75) is 6.92 Å². The van der Waals surface area contributed by atoms with Crippen molar-refractivity contribution in [2.24, 2.45) is 0 Å². The van der Waals surface area contributed by atoms with Crippen molar-refractivity contribution in [3.63, 3.8) is 0 Å². The van der Waals surface area contributed by atoms with Gasteiger partial charge in [-0.25, -0.2) is 4.68 Å². The minimum absolute atomic E-state index is 0.0210. The standard InChI is InChI=1S/C20H22N6O2/c1-2-28-19-9-4-3-8-18(19)24-10-12-25(13-11-24)20(27)16-6-5-7-17(14-16)26-15-21-22-23-26/h3-9,14-15H,2,10-13H2,1H3. The number of aromatic nitrogens is 4. The first-order chi connectivity index (χ1) is 13.8. The number of amides is 1. The molecular weight excluding hydrogens is 356 g/mol. The van der Waals surface area contributed by atoms with Crippen LogP contribution in [0, 0.1) is 0 Å². The van der Waals surface area contributed by atoms with Crippen LogP contribution in [-0.2, 0) is 0 Å².